The number of ether oxygens (including phenoxy) is 1. The third-order valence-corrected chi connectivity index (χ3v) is 2.66. The quantitative estimate of drug-likeness (QED) is 0.833. The molecule has 1 heterocycles. The van der Waals surface area contributed by atoms with Crippen LogP contribution in [0, 0.1) is 0 Å². The lowest BCUT2D eigenvalue weighted by Gasteiger charge is -2.25. The standard InChI is InChI=1S/C11H19N5O/c1-4-12-9-13-10(16(2)3)15-11(14-9)17-8-6-5-7-8/h8H,4-7H2,1-3H3,(H,12,13,14,15). The molecule has 1 aromatic heterocycles. The normalized spacial score (nSPS) is 15.2. The molecular weight excluding hydrogens is 218 g/mol. The van der Waals surface area contributed by atoms with E-state index >= 15 is 0 Å². The van der Waals surface area contributed by atoms with E-state index in [1.54, 1.807) is 0 Å². The molecule has 1 aliphatic rings. The van der Waals surface area contributed by atoms with Gasteiger partial charge < -0.3 is 15.0 Å². The zero-order valence-corrected chi connectivity index (χ0v) is 10.6. The van der Waals surface area contributed by atoms with Gasteiger partial charge in [0.2, 0.25) is 11.9 Å². The summed E-state index contributed by atoms with van der Waals surface area (Å²) in [6, 6.07) is 0.421. The van der Waals surface area contributed by atoms with Gasteiger partial charge in [-0.1, -0.05) is 0 Å². The second kappa shape index (κ2) is 5.16. The summed E-state index contributed by atoms with van der Waals surface area (Å²) in [5.41, 5.74) is 0. The van der Waals surface area contributed by atoms with E-state index in [1.165, 1.54) is 6.42 Å². The number of nitrogens with zero attached hydrogens (tertiary/aromatic N) is 4. The predicted octanol–water partition coefficient (Wildman–Crippen LogP) is 1.30. The van der Waals surface area contributed by atoms with Crippen molar-refractivity contribution in [2.75, 3.05) is 30.9 Å². The van der Waals surface area contributed by atoms with E-state index < -0.39 is 0 Å². The number of anilines is 2. The Morgan fingerprint density at radius 1 is 1.29 bits per heavy atom. The van der Waals surface area contributed by atoms with Crippen molar-refractivity contribution >= 4 is 11.9 Å². The monoisotopic (exact) mass is 237 g/mol. The molecule has 6 heteroatoms. The first-order valence-corrected chi connectivity index (χ1v) is 6.03. The van der Waals surface area contributed by atoms with Gasteiger partial charge in [0, 0.05) is 20.6 Å². The van der Waals surface area contributed by atoms with E-state index in [0.717, 1.165) is 19.4 Å². The van der Waals surface area contributed by atoms with Crippen molar-refractivity contribution < 1.29 is 4.74 Å². The summed E-state index contributed by atoms with van der Waals surface area (Å²) in [6.45, 7) is 2.78. The minimum atomic E-state index is 0.280. The van der Waals surface area contributed by atoms with Crippen molar-refractivity contribution in [2.45, 2.75) is 32.3 Å². The molecule has 1 aromatic rings. The van der Waals surface area contributed by atoms with Crippen LogP contribution in [0.25, 0.3) is 0 Å². The summed E-state index contributed by atoms with van der Waals surface area (Å²) in [6.07, 6.45) is 3.71. The summed E-state index contributed by atoms with van der Waals surface area (Å²) in [7, 11) is 3.80. The van der Waals surface area contributed by atoms with Crippen molar-refractivity contribution in [1.29, 1.82) is 0 Å². The Bertz CT molecular complexity index is 378. The van der Waals surface area contributed by atoms with E-state index in [9.17, 15) is 0 Å². The van der Waals surface area contributed by atoms with Crippen LogP contribution in [0.2, 0.25) is 0 Å². The van der Waals surface area contributed by atoms with Crippen molar-refractivity contribution in [3.8, 4) is 6.01 Å². The number of hydrogen-bond donors (Lipinski definition) is 1. The first-order chi connectivity index (χ1) is 8.19. The summed E-state index contributed by atoms with van der Waals surface area (Å²) in [5, 5.41) is 3.08. The Morgan fingerprint density at radius 3 is 2.59 bits per heavy atom. The number of nitrogens with one attached hydrogen (secondary N) is 1. The van der Waals surface area contributed by atoms with Crippen LogP contribution < -0.4 is 15.0 Å². The third kappa shape index (κ3) is 2.95. The zero-order chi connectivity index (χ0) is 12.3. The molecule has 0 radical (unpaired) electrons. The molecular formula is C11H19N5O. The second-order valence-electron chi connectivity index (χ2n) is 4.34. The first-order valence-electron chi connectivity index (χ1n) is 6.03. The van der Waals surface area contributed by atoms with Crippen LogP contribution in [0.5, 0.6) is 6.01 Å². The Kier molecular flexibility index (Phi) is 3.61. The summed E-state index contributed by atoms with van der Waals surface area (Å²) in [5.74, 6) is 1.19. The molecule has 0 saturated heterocycles. The van der Waals surface area contributed by atoms with Gasteiger partial charge in [0.25, 0.3) is 0 Å². The molecule has 0 unspecified atom stereocenters. The highest BCUT2D eigenvalue weighted by atomic mass is 16.5. The zero-order valence-electron chi connectivity index (χ0n) is 10.6. The molecule has 1 aliphatic carbocycles. The lowest BCUT2D eigenvalue weighted by molar-refractivity contribution is 0.108. The van der Waals surface area contributed by atoms with Crippen LogP contribution in [0.15, 0.2) is 0 Å². The molecule has 6 nitrogen and oxygen atoms in total. The number of aromatic nitrogens is 3. The highest BCUT2D eigenvalue weighted by molar-refractivity contribution is 5.36. The SMILES string of the molecule is CCNc1nc(OC2CCC2)nc(N(C)C)n1. The van der Waals surface area contributed by atoms with Crippen molar-refractivity contribution in [1.82, 2.24) is 15.0 Å². The molecule has 0 bridgehead atoms. The van der Waals surface area contributed by atoms with Crippen molar-refractivity contribution in [3.05, 3.63) is 0 Å². The number of hydrogen-bond acceptors (Lipinski definition) is 6. The molecule has 0 atom stereocenters. The van der Waals surface area contributed by atoms with Gasteiger partial charge in [0.15, 0.2) is 0 Å². The van der Waals surface area contributed by atoms with E-state index in [0.29, 0.717) is 17.9 Å². The highest BCUT2D eigenvalue weighted by Gasteiger charge is 2.21. The maximum atomic E-state index is 5.70. The fourth-order valence-electron chi connectivity index (χ4n) is 1.47. The predicted molar refractivity (Wildman–Crippen MR) is 66.6 cm³/mol. The van der Waals surface area contributed by atoms with Crippen LogP contribution in [-0.2, 0) is 0 Å². The Morgan fingerprint density at radius 2 is 2.06 bits per heavy atom. The minimum Gasteiger partial charge on any atom is -0.460 e. The molecule has 0 aromatic carbocycles. The van der Waals surface area contributed by atoms with Gasteiger partial charge in [-0.15, -0.1) is 0 Å². The fraction of sp³-hybridized carbons (Fsp3) is 0.727. The van der Waals surface area contributed by atoms with Crippen molar-refractivity contribution in [3.63, 3.8) is 0 Å². The molecule has 17 heavy (non-hydrogen) atoms. The Balaban J connectivity index is 2.16. The van der Waals surface area contributed by atoms with Crippen LogP contribution in [0.1, 0.15) is 26.2 Å². The highest BCUT2D eigenvalue weighted by Crippen LogP contribution is 2.24. The van der Waals surface area contributed by atoms with Gasteiger partial charge >= 0.3 is 6.01 Å². The van der Waals surface area contributed by atoms with Crippen LogP contribution in [0.3, 0.4) is 0 Å². The molecule has 1 N–H and O–H groups in total. The molecule has 0 aliphatic heterocycles. The molecule has 2 rings (SSSR count). The fourth-order valence-corrected chi connectivity index (χ4v) is 1.47. The largest absolute Gasteiger partial charge is 0.460 e. The van der Waals surface area contributed by atoms with Gasteiger partial charge in [0.1, 0.15) is 6.10 Å². The van der Waals surface area contributed by atoms with Gasteiger partial charge in [-0.2, -0.15) is 15.0 Å². The minimum absolute atomic E-state index is 0.280. The molecule has 1 saturated carbocycles. The van der Waals surface area contributed by atoms with Crippen LogP contribution >= 0.6 is 0 Å². The average molecular weight is 237 g/mol. The Labute approximate surface area is 101 Å². The lowest BCUT2D eigenvalue weighted by atomic mass is 9.96. The van der Waals surface area contributed by atoms with Gasteiger partial charge in [-0.25, -0.2) is 0 Å². The van der Waals surface area contributed by atoms with Crippen LogP contribution in [0.4, 0.5) is 11.9 Å². The van der Waals surface area contributed by atoms with Crippen LogP contribution in [-0.4, -0.2) is 41.7 Å². The topological polar surface area (TPSA) is 63.2 Å². The lowest BCUT2D eigenvalue weighted by Crippen LogP contribution is -2.26. The summed E-state index contributed by atoms with van der Waals surface area (Å²) < 4.78 is 5.70. The second-order valence-corrected chi connectivity index (χ2v) is 4.34. The molecule has 0 amide bonds. The molecule has 1 fully saturated rings. The maximum absolute atomic E-state index is 5.70. The van der Waals surface area contributed by atoms with E-state index in [4.69, 9.17) is 4.74 Å². The first kappa shape index (κ1) is 11.9. The maximum Gasteiger partial charge on any atom is 0.323 e. The third-order valence-electron chi connectivity index (χ3n) is 2.66. The molecule has 94 valence electrons. The van der Waals surface area contributed by atoms with Gasteiger partial charge in [-0.3, -0.25) is 0 Å². The Hall–Kier alpha value is -1.59. The van der Waals surface area contributed by atoms with Crippen molar-refractivity contribution in [2.24, 2.45) is 0 Å². The number of rotatable bonds is 5. The van der Waals surface area contributed by atoms with Gasteiger partial charge in [0.05, 0.1) is 0 Å². The summed E-state index contributed by atoms with van der Waals surface area (Å²) in [4.78, 5) is 14.7. The summed E-state index contributed by atoms with van der Waals surface area (Å²) >= 11 is 0. The average Bonchev–Trinajstić information content (AvgIpc) is 2.24. The van der Waals surface area contributed by atoms with Gasteiger partial charge in [-0.05, 0) is 26.2 Å². The van der Waals surface area contributed by atoms with E-state index in [-0.39, 0.29) is 6.10 Å². The van der Waals surface area contributed by atoms with E-state index in [2.05, 4.69) is 20.3 Å². The van der Waals surface area contributed by atoms with E-state index in [1.807, 2.05) is 25.9 Å². The molecule has 0 spiro atoms. The smallest absolute Gasteiger partial charge is 0.323 e.